The maximum atomic E-state index is 13.5. The number of ether oxygens (including phenoxy) is 2. The monoisotopic (exact) mass is 297 g/mol. The minimum atomic E-state index is -0.943. The van der Waals surface area contributed by atoms with Gasteiger partial charge in [0.15, 0.2) is 17.7 Å². The van der Waals surface area contributed by atoms with E-state index in [1.807, 2.05) is 13.8 Å². The van der Waals surface area contributed by atoms with Crippen LogP contribution in [0.1, 0.15) is 31.1 Å². The lowest BCUT2D eigenvalue weighted by atomic mass is 10.2. The van der Waals surface area contributed by atoms with Crippen LogP contribution in [0.15, 0.2) is 18.2 Å². The number of nitrogens with one attached hydrogen (secondary N) is 1. The number of methoxy groups -OCH3 is 1. The van der Waals surface area contributed by atoms with Gasteiger partial charge in [-0.3, -0.25) is 4.79 Å². The Hall–Kier alpha value is -2.11. The van der Waals surface area contributed by atoms with Gasteiger partial charge >= 0.3 is 5.97 Å². The molecule has 116 valence electrons. The number of hydrogen-bond acceptors (Lipinski definition) is 4. The second kappa shape index (κ2) is 7.61. The van der Waals surface area contributed by atoms with E-state index in [-0.39, 0.29) is 17.2 Å². The minimum Gasteiger partial charge on any atom is -0.494 e. The van der Waals surface area contributed by atoms with Crippen molar-refractivity contribution >= 4 is 11.9 Å². The van der Waals surface area contributed by atoms with Crippen LogP contribution in [0.3, 0.4) is 0 Å². The highest BCUT2D eigenvalue weighted by molar-refractivity contribution is 5.92. The molecule has 21 heavy (non-hydrogen) atoms. The Kier molecular flexibility index (Phi) is 6.14. The number of rotatable bonds is 6. The Morgan fingerprint density at radius 3 is 2.48 bits per heavy atom. The lowest BCUT2D eigenvalue weighted by Gasteiger charge is -2.14. The van der Waals surface area contributed by atoms with Gasteiger partial charge in [0.1, 0.15) is 0 Å². The zero-order valence-electron chi connectivity index (χ0n) is 12.6. The van der Waals surface area contributed by atoms with E-state index in [4.69, 9.17) is 9.47 Å². The van der Waals surface area contributed by atoms with E-state index in [0.29, 0.717) is 12.5 Å². The van der Waals surface area contributed by atoms with Crippen molar-refractivity contribution in [1.29, 1.82) is 0 Å². The third-order valence-electron chi connectivity index (χ3n) is 2.73. The molecule has 1 atom stereocenters. The number of esters is 1. The van der Waals surface area contributed by atoms with E-state index in [1.54, 1.807) is 0 Å². The summed E-state index contributed by atoms with van der Waals surface area (Å²) in [5.74, 6) is -1.47. The second-order valence-electron chi connectivity index (χ2n) is 5.04. The summed E-state index contributed by atoms with van der Waals surface area (Å²) in [6.07, 6.45) is -0.943. The maximum absolute atomic E-state index is 13.5. The first-order chi connectivity index (χ1) is 9.85. The highest BCUT2D eigenvalue weighted by Gasteiger charge is 2.19. The third kappa shape index (κ3) is 5.06. The second-order valence-corrected chi connectivity index (χ2v) is 5.04. The summed E-state index contributed by atoms with van der Waals surface area (Å²) in [4.78, 5) is 23.5. The van der Waals surface area contributed by atoms with Crippen LogP contribution in [0.5, 0.6) is 5.75 Å². The summed E-state index contributed by atoms with van der Waals surface area (Å²) in [5, 5.41) is 2.66. The standard InChI is InChI=1S/C15H20FNO4/c1-9(2)8-17-14(18)10(3)21-15(19)11-5-6-13(20-4)12(16)7-11/h5-7,9-10H,8H2,1-4H3,(H,17,18)/t10-/m0/s1. The summed E-state index contributed by atoms with van der Waals surface area (Å²) in [6, 6.07) is 3.72. The van der Waals surface area contributed by atoms with Crippen LogP contribution in [0.25, 0.3) is 0 Å². The third-order valence-corrected chi connectivity index (χ3v) is 2.73. The quantitative estimate of drug-likeness (QED) is 0.817. The summed E-state index contributed by atoms with van der Waals surface area (Å²) >= 11 is 0. The molecule has 1 amide bonds. The van der Waals surface area contributed by atoms with Crippen LogP contribution in [0, 0.1) is 11.7 Å². The molecule has 0 aromatic heterocycles. The fourth-order valence-electron chi connectivity index (χ4n) is 1.52. The fraction of sp³-hybridized carbons (Fsp3) is 0.467. The van der Waals surface area contributed by atoms with Gasteiger partial charge in [0.25, 0.3) is 5.91 Å². The largest absolute Gasteiger partial charge is 0.494 e. The van der Waals surface area contributed by atoms with Gasteiger partial charge in [-0.1, -0.05) is 13.8 Å². The predicted octanol–water partition coefficient (Wildman–Crippen LogP) is 2.15. The number of benzene rings is 1. The molecule has 0 fully saturated rings. The molecular weight excluding hydrogens is 277 g/mol. The van der Waals surface area contributed by atoms with Gasteiger partial charge in [0, 0.05) is 6.54 Å². The van der Waals surface area contributed by atoms with Gasteiger partial charge in [-0.15, -0.1) is 0 Å². The van der Waals surface area contributed by atoms with Crippen molar-refractivity contribution in [1.82, 2.24) is 5.32 Å². The van der Waals surface area contributed by atoms with Crippen LogP contribution in [0.2, 0.25) is 0 Å². The van der Waals surface area contributed by atoms with Crippen molar-refractivity contribution in [2.45, 2.75) is 26.9 Å². The summed E-state index contributed by atoms with van der Waals surface area (Å²) < 4.78 is 23.3. The van der Waals surface area contributed by atoms with Crippen LogP contribution >= 0.6 is 0 Å². The van der Waals surface area contributed by atoms with Crippen LogP contribution in [0.4, 0.5) is 4.39 Å². The molecule has 6 heteroatoms. The van der Waals surface area contributed by atoms with Crippen molar-refractivity contribution < 1.29 is 23.5 Å². The van der Waals surface area contributed by atoms with Crippen molar-refractivity contribution in [2.24, 2.45) is 5.92 Å². The molecular formula is C15H20FNO4. The average Bonchev–Trinajstić information content (AvgIpc) is 2.44. The molecule has 0 aliphatic carbocycles. The van der Waals surface area contributed by atoms with Crippen LogP contribution < -0.4 is 10.1 Å². The first kappa shape index (κ1) is 16.9. The summed E-state index contributed by atoms with van der Waals surface area (Å²) in [6.45, 7) is 5.87. The smallest absolute Gasteiger partial charge is 0.339 e. The minimum absolute atomic E-state index is 0.0248. The Morgan fingerprint density at radius 2 is 1.95 bits per heavy atom. The molecule has 0 saturated carbocycles. The Morgan fingerprint density at radius 1 is 1.29 bits per heavy atom. The Balaban J connectivity index is 2.64. The highest BCUT2D eigenvalue weighted by atomic mass is 19.1. The van der Waals surface area contributed by atoms with Crippen LogP contribution in [-0.4, -0.2) is 31.6 Å². The molecule has 0 bridgehead atoms. The lowest BCUT2D eigenvalue weighted by Crippen LogP contribution is -2.37. The Bertz CT molecular complexity index is 516. The molecule has 1 aromatic rings. The van der Waals surface area contributed by atoms with E-state index >= 15 is 0 Å². The molecule has 0 heterocycles. The van der Waals surface area contributed by atoms with Gasteiger partial charge in [0.2, 0.25) is 0 Å². The number of halogens is 1. The average molecular weight is 297 g/mol. The number of amides is 1. The van der Waals surface area contributed by atoms with Gasteiger partial charge < -0.3 is 14.8 Å². The van der Waals surface area contributed by atoms with E-state index < -0.39 is 17.9 Å². The number of carbonyl (C=O) groups is 2. The van der Waals surface area contributed by atoms with Gasteiger partial charge in [0.05, 0.1) is 12.7 Å². The van der Waals surface area contributed by atoms with E-state index in [1.165, 1.54) is 26.2 Å². The fourth-order valence-corrected chi connectivity index (χ4v) is 1.52. The first-order valence-electron chi connectivity index (χ1n) is 6.67. The van der Waals surface area contributed by atoms with Crippen molar-refractivity contribution in [3.05, 3.63) is 29.6 Å². The molecule has 0 unspecified atom stereocenters. The van der Waals surface area contributed by atoms with Crippen molar-refractivity contribution in [2.75, 3.05) is 13.7 Å². The summed E-state index contributed by atoms with van der Waals surface area (Å²) in [5.41, 5.74) is 0.0248. The zero-order valence-corrected chi connectivity index (χ0v) is 12.6. The van der Waals surface area contributed by atoms with Crippen LogP contribution in [-0.2, 0) is 9.53 Å². The summed E-state index contributed by atoms with van der Waals surface area (Å²) in [7, 11) is 1.33. The predicted molar refractivity (Wildman–Crippen MR) is 75.7 cm³/mol. The molecule has 0 aliphatic heterocycles. The molecule has 1 rings (SSSR count). The molecule has 1 N–H and O–H groups in total. The van der Waals surface area contributed by atoms with E-state index in [9.17, 15) is 14.0 Å². The highest BCUT2D eigenvalue weighted by Crippen LogP contribution is 2.18. The van der Waals surface area contributed by atoms with Gasteiger partial charge in [-0.05, 0) is 31.0 Å². The Labute approximate surface area is 123 Å². The zero-order chi connectivity index (χ0) is 16.0. The molecule has 0 spiro atoms. The van der Waals surface area contributed by atoms with Crippen molar-refractivity contribution in [3.63, 3.8) is 0 Å². The van der Waals surface area contributed by atoms with E-state index in [2.05, 4.69) is 5.32 Å². The topological polar surface area (TPSA) is 64.6 Å². The van der Waals surface area contributed by atoms with E-state index in [0.717, 1.165) is 6.07 Å². The van der Waals surface area contributed by atoms with Gasteiger partial charge in [-0.2, -0.15) is 0 Å². The molecule has 1 aromatic carbocycles. The SMILES string of the molecule is COc1ccc(C(=O)O[C@@H](C)C(=O)NCC(C)C)cc1F. The molecule has 0 saturated heterocycles. The molecule has 0 aliphatic rings. The molecule has 5 nitrogen and oxygen atoms in total. The van der Waals surface area contributed by atoms with Crippen molar-refractivity contribution in [3.8, 4) is 5.75 Å². The molecule has 0 radical (unpaired) electrons. The van der Waals surface area contributed by atoms with Gasteiger partial charge in [-0.25, -0.2) is 9.18 Å². The maximum Gasteiger partial charge on any atom is 0.339 e. The normalized spacial score (nSPS) is 11.9. The number of carbonyl (C=O) groups excluding carboxylic acids is 2. The lowest BCUT2D eigenvalue weighted by molar-refractivity contribution is -0.129. The number of hydrogen-bond donors (Lipinski definition) is 1. The first-order valence-corrected chi connectivity index (χ1v) is 6.67.